The number of nitrogens with zero attached hydrogens (tertiary/aromatic N) is 3. The number of nitrogens with one attached hydrogen (secondary N) is 2. The van der Waals surface area contributed by atoms with Crippen molar-refractivity contribution in [2.75, 3.05) is 36.6 Å². The van der Waals surface area contributed by atoms with Crippen LogP contribution in [0, 0.1) is 0 Å². The van der Waals surface area contributed by atoms with Gasteiger partial charge in [-0.05, 0) is 61.4 Å². The third-order valence-electron chi connectivity index (χ3n) is 5.36. The van der Waals surface area contributed by atoms with Gasteiger partial charge in [-0.3, -0.25) is 14.9 Å². The van der Waals surface area contributed by atoms with E-state index in [0.29, 0.717) is 28.7 Å². The normalized spacial score (nSPS) is 13.8. The molecule has 1 aliphatic heterocycles. The first-order chi connectivity index (χ1) is 17.8. The Hall–Kier alpha value is -3.33. The number of thioether (sulfide) groups is 1. The number of aromatic nitrogens is 2. The summed E-state index contributed by atoms with van der Waals surface area (Å²) in [6.07, 6.45) is 1.69. The van der Waals surface area contributed by atoms with Crippen LogP contribution in [0.25, 0.3) is 0 Å². The SMILES string of the molecule is COC(=O)c1ccc(NC(=O)CSc2nnc(NC(=O)c3ccc(S(=O)(=O)N4CCCC4)cc3)s2)cc1. The van der Waals surface area contributed by atoms with E-state index >= 15 is 0 Å². The Labute approximate surface area is 221 Å². The van der Waals surface area contributed by atoms with Gasteiger partial charge in [0, 0.05) is 24.3 Å². The minimum Gasteiger partial charge on any atom is -0.465 e. The zero-order chi connectivity index (χ0) is 26.4. The van der Waals surface area contributed by atoms with Gasteiger partial charge in [0.15, 0.2) is 4.34 Å². The van der Waals surface area contributed by atoms with Crippen LogP contribution in [0.1, 0.15) is 33.6 Å². The van der Waals surface area contributed by atoms with Gasteiger partial charge in [-0.15, -0.1) is 10.2 Å². The monoisotopic (exact) mass is 561 g/mol. The van der Waals surface area contributed by atoms with Crippen molar-refractivity contribution in [3.63, 3.8) is 0 Å². The molecule has 2 N–H and O–H groups in total. The van der Waals surface area contributed by atoms with Crippen LogP contribution >= 0.6 is 23.1 Å². The highest BCUT2D eigenvalue weighted by atomic mass is 32.2. The molecular formula is C23H23N5O6S3. The number of amides is 2. The lowest BCUT2D eigenvalue weighted by atomic mass is 10.2. The fourth-order valence-electron chi connectivity index (χ4n) is 3.48. The summed E-state index contributed by atoms with van der Waals surface area (Å²) in [6.45, 7) is 1.02. The molecule has 3 aromatic rings. The summed E-state index contributed by atoms with van der Waals surface area (Å²) in [7, 11) is -2.26. The highest BCUT2D eigenvalue weighted by molar-refractivity contribution is 8.01. The Morgan fingerprint density at radius 1 is 0.973 bits per heavy atom. The average Bonchev–Trinajstić information content (AvgIpc) is 3.61. The van der Waals surface area contributed by atoms with Crippen molar-refractivity contribution >= 4 is 61.7 Å². The Morgan fingerprint density at radius 3 is 2.27 bits per heavy atom. The zero-order valence-corrected chi connectivity index (χ0v) is 22.1. The number of hydrogen-bond acceptors (Lipinski definition) is 10. The highest BCUT2D eigenvalue weighted by Crippen LogP contribution is 2.26. The molecule has 1 saturated heterocycles. The predicted molar refractivity (Wildman–Crippen MR) is 139 cm³/mol. The van der Waals surface area contributed by atoms with Gasteiger partial charge in [-0.2, -0.15) is 4.31 Å². The molecule has 1 aliphatic rings. The molecule has 4 rings (SSSR count). The van der Waals surface area contributed by atoms with E-state index in [9.17, 15) is 22.8 Å². The number of ether oxygens (including phenoxy) is 1. The Bertz CT molecular complexity index is 1380. The Balaban J connectivity index is 1.27. The second-order valence-corrected chi connectivity index (χ2v) is 12.0. The molecule has 0 saturated carbocycles. The van der Waals surface area contributed by atoms with Gasteiger partial charge in [0.2, 0.25) is 21.1 Å². The van der Waals surface area contributed by atoms with Crippen molar-refractivity contribution in [1.29, 1.82) is 0 Å². The number of methoxy groups -OCH3 is 1. The van der Waals surface area contributed by atoms with Crippen molar-refractivity contribution in [3.8, 4) is 0 Å². The fraction of sp³-hybridized carbons (Fsp3) is 0.261. The van der Waals surface area contributed by atoms with E-state index in [0.717, 1.165) is 35.9 Å². The second-order valence-electron chi connectivity index (χ2n) is 7.87. The molecule has 2 heterocycles. The Kier molecular flexibility index (Phi) is 8.53. The van der Waals surface area contributed by atoms with Crippen LogP contribution in [-0.2, 0) is 19.6 Å². The smallest absolute Gasteiger partial charge is 0.337 e. The summed E-state index contributed by atoms with van der Waals surface area (Å²) in [4.78, 5) is 36.4. The van der Waals surface area contributed by atoms with Crippen LogP contribution in [-0.4, -0.2) is 66.7 Å². The first-order valence-electron chi connectivity index (χ1n) is 11.1. The molecule has 0 radical (unpaired) electrons. The topological polar surface area (TPSA) is 148 Å². The molecular weight excluding hydrogens is 538 g/mol. The minimum absolute atomic E-state index is 0.0638. The maximum atomic E-state index is 12.6. The summed E-state index contributed by atoms with van der Waals surface area (Å²) >= 11 is 2.27. The average molecular weight is 562 g/mol. The first kappa shape index (κ1) is 26.7. The van der Waals surface area contributed by atoms with E-state index in [1.807, 2.05) is 0 Å². The summed E-state index contributed by atoms with van der Waals surface area (Å²) in [5.41, 5.74) is 1.19. The van der Waals surface area contributed by atoms with Crippen LogP contribution in [0.3, 0.4) is 0 Å². The highest BCUT2D eigenvalue weighted by Gasteiger charge is 2.27. The van der Waals surface area contributed by atoms with Gasteiger partial charge >= 0.3 is 5.97 Å². The van der Waals surface area contributed by atoms with E-state index in [2.05, 4.69) is 25.6 Å². The maximum Gasteiger partial charge on any atom is 0.337 e. The number of hydrogen-bond donors (Lipinski definition) is 2. The van der Waals surface area contributed by atoms with Crippen LogP contribution in [0.15, 0.2) is 57.8 Å². The van der Waals surface area contributed by atoms with Crippen molar-refractivity contribution in [1.82, 2.24) is 14.5 Å². The molecule has 0 bridgehead atoms. The lowest BCUT2D eigenvalue weighted by molar-refractivity contribution is -0.113. The molecule has 194 valence electrons. The van der Waals surface area contributed by atoms with Gasteiger partial charge in [0.1, 0.15) is 0 Å². The van der Waals surface area contributed by atoms with Crippen LogP contribution in [0.2, 0.25) is 0 Å². The molecule has 1 aromatic heterocycles. The van der Waals surface area contributed by atoms with E-state index in [-0.39, 0.29) is 27.3 Å². The van der Waals surface area contributed by atoms with E-state index in [4.69, 9.17) is 0 Å². The minimum atomic E-state index is -3.55. The quantitative estimate of drug-likeness (QED) is 0.228. The summed E-state index contributed by atoms with van der Waals surface area (Å²) in [6, 6.07) is 12.1. The molecule has 0 aliphatic carbocycles. The third-order valence-corrected chi connectivity index (χ3v) is 9.25. The van der Waals surface area contributed by atoms with E-state index in [1.54, 1.807) is 24.3 Å². The molecule has 0 atom stereocenters. The van der Waals surface area contributed by atoms with Crippen molar-refractivity contribution in [2.24, 2.45) is 0 Å². The largest absolute Gasteiger partial charge is 0.465 e. The zero-order valence-electron chi connectivity index (χ0n) is 19.7. The van der Waals surface area contributed by atoms with E-state index in [1.165, 1.54) is 35.7 Å². The summed E-state index contributed by atoms with van der Waals surface area (Å²) in [5, 5.41) is 13.5. The Morgan fingerprint density at radius 2 is 1.62 bits per heavy atom. The van der Waals surface area contributed by atoms with Crippen molar-refractivity contribution in [2.45, 2.75) is 22.1 Å². The maximum absolute atomic E-state index is 12.6. The molecule has 37 heavy (non-hydrogen) atoms. The van der Waals surface area contributed by atoms with Gasteiger partial charge in [0.25, 0.3) is 5.91 Å². The number of benzene rings is 2. The van der Waals surface area contributed by atoms with Gasteiger partial charge < -0.3 is 10.1 Å². The third kappa shape index (κ3) is 6.71. The molecule has 14 heteroatoms. The van der Waals surface area contributed by atoms with Gasteiger partial charge in [0.05, 0.1) is 23.3 Å². The van der Waals surface area contributed by atoms with Crippen LogP contribution in [0.5, 0.6) is 0 Å². The molecule has 2 aromatic carbocycles. The fourth-order valence-corrected chi connectivity index (χ4v) is 6.54. The predicted octanol–water partition coefficient (Wildman–Crippen LogP) is 3.09. The number of sulfonamides is 1. The molecule has 11 nitrogen and oxygen atoms in total. The van der Waals surface area contributed by atoms with E-state index < -0.39 is 21.9 Å². The summed E-state index contributed by atoms with van der Waals surface area (Å²) in [5.74, 6) is -1.13. The number of carbonyl (C=O) groups is 3. The lowest BCUT2D eigenvalue weighted by Gasteiger charge is -2.15. The molecule has 1 fully saturated rings. The standard InChI is InChI=1S/C23H23N5O6S3/c1-34-21(31)16-4-8-17(9-5-16)24-19(29)14-35-23-27-26-22(36-23)25-20(30)15-6-10-18(11-7-15)37(32,33)28-12-2-3-13-28/h4-11H,2-3,12-14H2,1H3,(H,24,29)(H,25,26,30). The lowest BCUT2D eigenvalue weighted by Crippen LogP contribution is -2.27. The van der Waals surface area contributed by atoms with Gasteiger partial charge in [-0.1, -0.05) is 23.1 Å². The number of anilines is 2. The second kappa shape index (κ2) is 11.8. The van der Waals surface area contributed by atoms with Crippen LogP contribution in [0.4, 0.5) is 10.8 Å². The number of esters is 1. The number of rotatable bonds is 9. The molecule has 0 spiro atoms. The summed E-state index contributed by atoms with van der Waals surface area (Å²) < 4.78 is 31.8. The molecule has 2 amide bonds. The number of carbonyl (C=O) groups excluding carboxylic acids is 3. The molecule has 0 unspecified atom stereocenters. The van der Waals surface area contributed by atoms with Gasteiger partial charge in [-0.25, -0.2) is 13.2 Å². The first-order valence-corrected chi connectivity index (χ1v) is 14.4. The van der Waals surface area contributed by atoms with Crippen molar-refractivity contribution < 1.29 is 27.5 Å². The van der Waals surface area contributed by atoms with Crippen molar-refractivity contribution in [3.05, 3.63) is 59.7 Å². The van der Waals surface area contributed by atoms with Crippen LogP contribution < -0.4 is 10.6 Å².